The first-order valence-electron chi connectivity index (χ1n) is 1.91. The molecule has 8 heteroatoms. The van der Waals surface area contributed by atoms with Gasteiger partial charge in [-0.2, -0.15) is 0 Å². The van der Waals surface area contributed by atoms with Crippen molar-refractivity contribution in [3.05, 3.63) is 0 Å². The highest BCUT2D eigenvalue weighted by atomic mass is 31.1. The van der Waals surface area contributed by atoms with E-state index in [1.54, 1.807) is 0 Å². The molecule has 0 aliphatic carbocycles. The van der Waals surface area contributed by atoms with Crippen LogP contribution in [0.3, 0.4) is 0 Å². The van der Waals surface area contributed by atoms with Crippen molar-refractivity contribution in [3.63, 3.8) is 0 Å². The molecule has 0 aromatic heterocycles. The van der Waals surface area contributed by atoms with Gasteiger partial charge in [0.2, 0.25) is 0 Å². The Kier molecular flexibility index (Phi) is 0.998. The Bertz CT molecular complexity index is 156. The van der Waals surface area contributed by atoms with E-state index in [2.05, 4.69) is 18.1 Å². The van der Waals surface area contributed by atoms with Crippen LogP contribution in [0, 0.1) is 0 Å². The Morgan fingerprint density at radius 2 is 1.22 bits per heavy atom. The van der Waals surface area contributed by atoms with E-state index < -0.39 is 22.7 Å². The van der Waals surface area contributed by atoms with Crippen LogP contribution in [0.2, 0.25) is 0 Å². The fourth-order valence-electron chi connectivity index (χ4n) is 0.445. The van der Waals surface area contributed by atoms with Crippen molar-refractivity contribution in [2.45, 2.75) is 6.16 Å². The smallest absolute Gasteiger partial charge is 0.00881 e. The second kappa shape index (κ2) is 1.55. The lowest BCUT2D eigenvalue weighted by Crippen LogP contribution is -2.47. The summed E-state index contributed by atoms with van der Waals surface area (Å²) in [5, 5.41) is 0. The predicted molar refractivity (Wildman–Crippen MR) is 22.3 cm³/mol. The van der Waals surface area contributed by atoms with Crippen LogP contribution in [-0.2, 0) is 27.2 Å². The maximum absolute atomic E-state index is 10.1. The minimum atomic E-state index is -2.11. The van der Waals surface area contributed by atoms with Crippen molar-refractivity contribution in [3.8, 4) is 0 Å². The quantitative estimate of drug-likeness (QED) is 0.505. The maximum atomic E-state index is 10.1. The highest BCUT2D eigenvalue weighted by Gasteiger charge is 2.82. The SMILES string of the molecule is O=[P+]1OC2(O1)O[P+](=O)O2. The molecule has 2 rings (SSSR count). The van der Waals surface area contributed by atoms with E-state index in [-0.39, 0.29) is 0 Å². The van der Waals surface area contributed by atoms with Gasteiger partial charge >= 0.3 is 22.7 Å². The molecule has 2 aliphatic rings. The molecule has 1 spiro atoms. The van der Waals surface area contributed by atoms with Gasteiger partial charge in [0.25, 0.3) is 0 Å². The molecular formula is CO6P2+2. The van der Waals surface area contributed by atoms with Gasteiger partial charge in [-0.1, -0.05) is 0 Å². The lowest BCUT2D eigenvalue weighted by molar-refractivity contribution is -0.455. The van der Waals surface area contributed by atoms with E-state index in [1.165, 1.54) is 0 Å². The molecule has 0 bridgehead atoms. The van der Waals surface area contributed by atoms with Gasteiger partial charge in [0, 0.05) is 9.13 Å². The number of rotatable bonds is 0. The molecule has 0 unspecified atom stereocenters. The van der Waals surface area contributed by atoms with E-state index in [0.717, 1.165) is 0 Å². The van der Waals surface area contributed by atoms with Crippen molar-refractivity contribution in [1.82, 2.24) is 0 Å². The second-order valence-corrected chi connectivity index (χ2v) is 2.94. The Morgan fingerprint density at radius 1 is 0.889 bits per heavy atom. The molecule has 0 saturated carbocycles. The van der Waals surface area contributed by atoms with E-state index in [1.807, 2.05) is 0 Å². The van der Waals surface area contributed by atoms with Gasteiger partial charge in [-0.15, -0.1) is 0 Å². The summed E-state index contributed by atoms with van der Waals surface area (Å²) >= 11 is 0. The summed E-state index contributed by atoms with van der Waals surface area (Å²) in [7, 11) is -4.22. The second-order valence-electron chi connectivity index (χ2n) is 1.31. The monoisotopic (exact) mass is 170 g/mol. The summed E-state index contributed by atoms with van der Waals surface area (Å²) in [5.41, 5.74) is 0. The first-order valence-corrected chi connectivity index (χ1v) is 4.10. The summed E-state index contributed by atoms with van der Waals surface area (Å²) in [6, 6.07) is 0. The molecule has 0 radical (unpaired) electrons. The lowest BCUT2D eigenvalue weighted by Gasteiger charge is -2.19. The lowest BCUT2D eigenvalue weighted by atomic mass is 11.2. The molecule has 0 amide bonds. The van der Waals surface area contributed by atoms with Gasteiger partial charge in [-0.3, -0.25) is 0 Å². The Balaban J connectivity index is 2.01. The first-order chi connectivity index (χ1) is 4.20. The highest BCUT2D eigenvalue weighted by Crippen LogP contribution is 2.62. The third-order valence-electron chi connectivity index (χ3n) is 0.745. The molecular weight excluding hydrogens is 170 g/mol. The van der Waals surface area contributed by atoms with E-state index in [4.69, 9.17) is 0 Å². The van der Waals surface area contributed by atoms with Crippen molar-refractivity contribution < 1.29 is 27.2 Å². The summed E-state index contributed by atoms with van der Waals surface area (Å²) in [5.74, 6) is 0. The standard InChI is InChI=1S/CO6P2/c2-8-4-1(5-8)6-9(3)7-1/q+2. The summed E-state index contributed by atoms with van der Waals surface area (Å²) in [4.78, 5) is 0. The van der Waals surface area contributed by atoms with E-state index in [0.29, 0.717) is 0 Å². The average Bonchev–Trinajstić information content (AvgIpc) is 1.58. The van der Waals surface area contributed by atoms with E-state index >= 15 is 0 Å². The normalized spacial score (nSPS) is 48.4. The van der Waals surface area contributed by atoms with Crippen LogP contribution < -0.4 is 0 Å². The summed E-state index contributed by atoms with van der Waals surface area (Å²) < 4.78 is 37.3. The van der Waals surface area contributed by atoms with Gasteiger partial charge in [-0.05, 0) is 18.1 Å². The van der Waals surface area contributed by atoms with Crippen LogP contribution >= 0.6 is 16.5 Å². The zero-order valence-electron chi connectivity index (χ0n) is 3.84. The third kappa shape index (κ3) is 0.730. The average molecular weight is 170 g/mol. The number of hydrogen-bond donors (Lipinski definition) is 0. The van der Waals surface area contributed by atoms with Crippen LogP contribution in [-0.4, -0.2) is 6.16 Å². The third-order valence-corrected chi connectivity index (χ3v) is 2.24. The molecule has 0 N–H and O–H groups in total. The van der Waals surface area contributed by atoms with Crippen molar-refractivity contribution >= 4 is 16.5 Å². The molecule has 2 fully saturated rings. The van der Waals surface area contributed by atoms with Gasteiger partial charge in [0.15, 0.2) is 0 Å². The van der Waals surface area contributed by atoms with Crippen molar-refractivity contribution in [2.75, 3.05) is 0 Å². The Labute approximate surface area is 50.9 Å². The zero-order valence-corrected chi connectivity index (χ0v) is 5.63. The van der Waals surface area contributed by atoms with Crippen LogP contribution in [0.1, 0.15) is 0 Å². The van der Waals surface area contributed by atoms with Gasteiger partial charge < -0.3 is 0 Å². The fourth-order valence-corrected chi connectivity index (χ4v) is 1.74. The summed E-state index contributed by atoms with van der Waals surface area (Å²) in [6.07, 6.45) is -1.68. The largest absolute Gasteiger partial charge is 0.714 e. The molecule has 2 saturated heterocycles. The van der Waals surface area contributed by atoms with Crippen LogP contribution in [0.4, 0.5) is 0 Å². The predicted octanol–water partition coefficient (Wildman–Crippen LogP) is 1.01. The molecule has 6 nitrogen and oxygen atoms in total. The van der Waals surface area contributed by atoms with Gasteiger partial charge in [0.1, 0.15) is 0 Å². The number of hydrogen-bond acceptors (Lipinski definition) is 6. The topological polar surface area (TPSA) is 71.1 Å². The minimum absolute atomic E-state index is 1.68. The molecule has 48 valence electrons. The molecule has 0 aromatic carbocycles. The van der Waals surface area contributed by atoms with Crippen LogP contribution in [0.25, 0.3) is 0 Å². The van der Waals surface area contributed by atoms with Crippen molar-refractivity contribution in [1.29, 1.82) is 0 Å². The molecule has 2 aliphatic heterocycles. The zero-order chi connectivity index (χ0) is 6.48. The molecule has 0 aromatic rings. The fraction of sp³-hybridized carbons (Fsp3) is 1.00. The van der Waals surface area contributed by atoms with Gasteiger partial charge in [0.05, 0.1) is 0 Å². The molecule has 9 heavy (non-hydrogen) atoms. The molecule has 0 atom stereocenters. The minimum Gasteiger partial charge on any atom is -0.00881 e. The van der Waals surface area contributed by atoms with Crippen LogP contribution in [0.5, 0.6) is 0 Å². The summed E-state index contributed by atoms with van der Waals surface area (Å²) in [6.45, 7) is 0. The Hall–Kier alpha value is 0.0400. The first kappa shape index (κ1) is 5.80. The van der Waals surface area contributed by atoms with Crippen molar-refractivity contribution in [2.24, 2.45) is 0 Å². The van der Waals surface area contributed by atoms with Gasteiger partial charge in [-0.25, -0.2) is 0 Å². The molecule has 2 heterocycles. The van der Waals surface area contributed by atoms with Crippen LogP contribution in [0.15, 0.2) is 0 Å². The Morgan fingerprint density at radius 3 is 1.44 bits per heavy atom. The maximum Gasteiger partial charge on any atom is 0.714 e. The highest BCUT2D eigenvalue weighted by molar-refractivity contribution is 7.37. The van der Waals surface area contributed by atoms with E-state index in [9.17, 15) is 9.13 Å².